The minimum Gasteiger partial charge on any atom is -0.464 e. The van der Waals surface area contributed by atoms with Crippen LogP contribution in [0.25, 0.3) is 0 Å². The van der Waals surface area contributed by atoms with Gasteiger partial charge < -0.3 is 21.1 Å². The van der Waals surface area contributed by atoms with Crippen molar-refractivity contribution in [2.45, 2.75) is 64.8 Å². The molecule has 6 nitrogen and oxygen atoms in total. The number of halogens is 2. The van der Waals surface area contributed by atoms with Crippen LogP contribution in [0.1, 0.15) is 53.4 Å². The van der Waals surface area contributed by atoms with Crippen LogP contribution in [0.3, 0.4) is 0 Å². The van der Waals surface area contributed by atoms with E-state index in [1.165, 1.54) is 0 Å². The van der Waals surface area contributed by atoms with Gasteiger partial charge in [0.2, 0.25) is 5.91 Å². The lowest BCUT2D eigenvalue weighted by Crippen LogP contribution is -2.44. The summed E-state index contributed by atoms with van der Waals surface area (Å²) in [7, 11) is 0. The molecule has 2 aliphatic carbocycles. The molecule has 0 fully saturated rings. The number of nitrogens with two attached hydrogens (primary N) is 1. The van der Waals surface area contributed by atoms with E-state index in [1.807, 2.05) is 19.9 Å². The number of carbonyl (C=O) groups is 2. The second kappa shape index (κ2) is 11.9. The van der Waals surface area contributed by atoms with Crippen molar-refractivity contribution < 1.29 is 14.3 Å². The number of amides is 1. The van der Waals surface area contributed by atoms with Crippen molar-refractivity contribution in [1.29, 1.82) is 0 Å². The topological polar surface area (TPSA) is 93.5 Å². The van der Waals surface area contributed by atoms with Crippen molar-refractivity contribution in [3.63, 3.8) is 0 Å². The lowest BCUT2D eigenvalue weighted by molar-refractivity contribution is -0.143. The van der Waals surface area contributed by atoms with Crippen molar-refractivity contribution >= 4 is 35.1 Å². The standard InChI is InChI=1S/C23H35Cl2N3O3/c1-13(2)21(26)23(30)27-9-10-31-19(29)12-16-7-5-6-8-18(16)28-22-17(24)11-14(3)15(4)20(22)25/h6,8,13-15,20-21,28H,5,7,9-12,26H2,1-4H3,(H,27,30)/t14?,15?,20?,21-/m0/s1. The van der Waals surface area contributed by atoms with Crippen molar-refractivity contribution in [3.05, 3.63) is 34.2 Å². The Morgan fingerprint density at radius 2 is 2.03 bits per heavy atom. The SMILES string of the molecule is CC1CC(Cl)=C(NC2=C(CC(=O)OCCNC(=O)[C@@H](N)C(C)C)CCC=C2)C(Cl)C1C. The molecule has 0 heterocycles. The largest absolute Gasteiger partial charge is 0.464 e. The van der Waals surface area contributed by atoms with Gasteiger partial charge in [0.25, 0.3) is 0 Å². The summed E-state index contributed by atoms with van der Waals surface area (Å²) in [6, 6.07) is -0.569. The van der Waals surface area contributed by atoms with Gasteiger partial charge in [-0.25, -0.2) is 0 Å². The van der Waals surface area contributed by atoms with Crippen molar-refractivity contribution in [1.82, 2.24) is 10.6 Å². The van der Waals surface area contributed by atoms with Gasteiger partial charge in [-0.05, 0) is 48.7 Å². The summed E-state index contributed by atoms with van der Waals surface area (Å²) in [5, 5.41) is 6.63. The molecule has 2 aliphatic rings. The summed E-state index contributed by atoms with van der Waals surface area (Å²) < 4.78 is 5.30. The van der Waals surface area contributed by atoms with E-state index >= 15 is 0 Å². The van der Waals surface area contributed by atoms with Crippen molar-refractivity contribution in [2.24, 2.45) is 23.5 Å². The highest BCUT2D eigenvalue weighted by molar-refractivity contribution is 6.31. The fraction of sp³-hybridized carbons (Fsp3) is 0.652. The fourth-order valence-electron chi connectivity index (χ4n) is 3.57. The fourth-order valence-corrected chi connectivity index (χ4v) is 4.47. The lowest BCUT2D eigenvalue weighted by Gasteiger charge is -2.34. The molecule has 0 saturated carbocycles. The first-order valence-corrected chi connectivity index (χ1v) is 11.8. The molecular weight excluding hydrogens is 437 g/mol. The predicted octanol–water partition coefficient (Wildman–Crippen LogP) is 3.95. The third kappa shape index (κ3) is 7.26. The summed E-state index contributed by atoms with van der Waals surface area (Å²) in [5.74, 6) is 0.190. The lowest BCUT2D eigenvalue weighted by atomic mass is 9.83. The van der Waals surface area contributed by atoms with E-state index in [2.05, 4.69) is 30.6 Å². The van der Waals surface area contributed by atoms with Crippen LogP contribution in [-0.4, -0.2) is 36.4 Å². The van der Waals surface area contributed by atoms with Crippen LogP contribution < -0.4 is 16.4 Å². The monoisotopic (exact) mass is 471 g/mol. The summed E-state index contributed by atoms with van der Waals surface area (Å²) in [5.41, 5.74) is 8.44. The zero-order valence-corrected chi connectivity index (χ0v) is 20.4. The van der Waals surface area contributed by atoms with E-state index in [0.29, 0.717) is 11.8 Å². The van der Waals surface area contributed by atoms with Crippen LogP contribution >= 0.6 is 23.2 Å². The highest BCUT2D eigenvalue weighted by atomic mass is 35.5. The molecule has 31 heavy (non-hydrogen) atoms. The first kappa shape index (κ1) is 25.8. The highest BCUT2D eigenvalue weighted by Gasteiger charge is 2.32. The van der Waals surface area contributed by atoms with E-state index in [4.69, 9.17) is 33.7 Å². The van der Waals surface area contributed by atoms with Crippen LogP contribution in [0.4, 0.5) is 0 Å². The van der Waals surface area contributed by atoms with Gasteiger partial charge in [0.1, 0.15) is 6.61 Å². The van der Waals surface area contributed by atoms with Crippen molar-refractivity contribution in [2.75, 3.05) is 13.2 Å². The van der Waals surface area contributed by atoms with Gasteiger partial charge in [-0.2, -0.15) is 0 Å². The Balaban J connectivity index is 1.93. The maximum Gasteiger partial charge on any atom is 0.310 e. The highest BCUT2D eigenvalue weighted by Crippen LogP contribution is 2.38. The molecule has 4 atom stereocenters. The molecule has 0 aromatic heterocycles. The summed E-state index contributed by atoms with van der Waals surface area (Å²) in [4.78, 5) is 24.2. The van der Waals surface area contributed by atoms with Gasteiger partial charge in [-0.15, -0.1) is 11.6 Å². The Morgan fingerprint density at radius 1 is 1.32 bits per heavy atom. The number of esters is 1. The molecule has 0 bridgehead atoms. The number of nitrogens with one attached hydrogen (secondary N) is 2. The average molecular weight is 472 g/mol. The number of carbonyl (C=O) groups excluding carboxylic acids is 2. The first-order chi connectivity index (χ1) is 14.6. The van der Waals surface area contributed by atoms with E-state index in [1.54, 1.807) is 0 Å². The van der Waals surface area contributed by atoms with Gasteiger partial charge in [-0.3, -0.25) is 9.59 Å². The molecule has 0 aromatic rings. The van der Waals surface area contributed by atoms with Crippen LogP contribution in [0.5, 0.6) is 0 Å². The van der Waals surface area contributed by atoms with E-state index < -0.39 is 6.04 Å². The van der Waals surface area contributed by atoms with Crippen LogP contribution in [0.2, 0.25) is 0 Å². The Kier molecular flexibility index (Phi) is 9.91. The third-order valence-corrected chi connectivity index (χ3v) is 6.99. The zero-order chi connectivity index (χ0) is 23.1. The van der Waals surface area contributed by atoms with Gasteiger partial charge >= 0.3 is 5.97 Å². The summed E-state index contributed by atoms with van der Waals surface area (Å²) in [6.07, 6.45) is 6.63. The molecular formula is C23H35Cl2N3O3. The molecule has 0 saturated heterocycles. The number of rotatable bonds is 9. The number of hydrogen-bond donors (Lipinski definition) is 3. The molecule has 2 rings (SSSR count). The quantitative estimate of drug-likeness (QED) is 0.269. The van der Waals surface area contributed by atoms with E-state index in [9.17, 15) is 9.59 Å². The zero-order valence-electron chi connectivity index (χ0n) is 18.8. The number of hydrogen-bond acceptors (Lipinski definition) is 5. The minimum absolute atomic E-state index is 0.0475. The number of ether oxygens (including phenoxy) is 1. The van der Waals surface area contributed by atoms with E-state index in [-0.39, 0.29) is 42.7 Å². The normalized spacial score (nSPS) is 25.0. The van der Waals surface area contributed by atoms with Gasteiger partial charge in [0, 0.05) is 16.4 Å². The molecule has 4 N–H and O–H groups in total. The molecule has 0 aliphatic heterocycles. The Hall–Kier alpha value is -1.50. The minimum atomic E-state index is -0.569. The molecule has 0 radical (unpaired) electrons. The molecule has 0 aromatic carbocycles. The molecule has 0 spiro atoms. The molecule has 174 valence electrons. The smallest absolute Gasteiger partial charge is 0.310 e. The summed E-state index contributed by atoms with van der Waals surface area (Å²) >= 11 is 13.2. The third-order valence-electron chi connectivity index (χ3n) is 6.02. The predicted molar refractivity (Wildman–Crippen MR) is 125 cm³/mol. The number of alkyl halides is 1. The van der Waals surface area contributed by atoms with Gasteiger partial charge in [0.15, 0.2) is 0 Å². The second-order valence-electron chi connectivity index (χ2n) is 8.80. The van der Waals surface area contributed by atoms with Gasteiger partial charge in [0.05, 0.1) is 24.4 Å². The molecule has 3 unspecified atom stereocenters. The second-order valence-corrected chi connectivity index (χ2v) is 9.73. The maximum atomic E-state index is 12.3. The molecule has 8 heteroatoms. The Bertz CT molecular complexity index is 761. The number of allylic oxidation sites excluding steroid dienone is 4. The average Bonchev–Trinajstić information content (AvgIpc) is 2.73. The summed E-state index contributed by atoms with van der Waals surface area (Å²) in [6.45, 7) is 8.39. The van der Waals surface area contributed by atoms with E-state index in [0.717, 1.165) is 41.3 Å². The Labute approximate surface area is 195 Å². The van der Waals surface area contributed by atoms with Gasteiger partial charge in [-0.1, -0.05) is 45.4 Å². The van der Waals surface area contributed by atoms with Crippen LogP contribution in [-0.2, 0) is 14.3 Å². The van der Waals surface area contributed by atoms with Crippen molar-refractivity contribution in [3.8, 4) is 0 Å². The molecule has 1 amide bonds. The first-order valence-electron chi connectivity index (χ1n) is 11.0. The van der Waals surface area contributed by atoms with Crippen LogP contribution in [0, 0.1) is 17.8 Å². The Morgan fingerprint density at radius 3 is 2.71 bits per heavy atom. The maximum absolute atomic E-state index is 12.3. The van der Waals surface area contributed by atoms with Crippen LogP contribution in [0.15, 0.2) is 34.2 Å².